The Bertz CT molecular complexity index is 1880. The van der Waals surface area contributed by atoms with Crippen LogP contribution < -0.4 is 4.74 Å². The molecule has 0 aliphatic carbocycles. The Hall–Kier alpha value is -5.39. The second kappa shape index (κ2) is 20.2. The lowest BCUT2D eigenvalue weighted by atomic mass is 9.79. The van der Waals surface area contributed by atoms with E-state index in [-0.39, 0.29) is 42.0 Å². The van der Waals surface area contributed by atoms with E-state index >= 15 is 0 Å². The van der Waals surface area contributed by atoms with Crippen LogP contribution in [0.4, 0.5) is 0 Å². The lowest BCUT2D eigenvalue weighted by Gasteiger charge is -2.39. The second-order valence-corrected chi connectivity index (χ2v) is 13.3. The summed E-state index contributed by atoms with van der Waals surface area (Å²) in [4.78, 5) is 37.1. The number of methoxy groups -OCH3 is 3. The molecule has 0 bridgehead atoms. The lowest BCUT2D eigenvalue weighted by Crippen LogP contribution is -2.41. The Morgan fingerprint density at radius 2 is 1.11 bits per heavy atom. The molecule has 1 heterocycles. The predicted molar refractivity (Wildman–Crippen MR) is 206 cm³/mol. The van der Waals surface area contributed by atoms with Crippen LogP contribution in [0.1, 0.15) is 23.6 Å². The van der Waals surface area contributed by atoms with Gasteiger partial charge >= 0.3 is 17.9 Å². The number of benzene rings is 3. The van der Waals surface area contributed by atoms with Crippen molar-refractivity contribution in [3.8, 4) is 28.0 Å². The van der Waals surface area contributed by atoms with E-state index < -0.39 is 17.9 Å². The standard InChI is InChI=1S/C44H48O10/c1-30(25-48-5)41(45)52-20-8-10-33-12-16-35(17-13-33)38-23-40(54-43(47)32(3)27-50-7)39(22-37(38)24-44(4)28-51-29-44)36-18-14-34(15-19-36)11-9-21-53-42(46)31(2)26-49-6/h8-9,12-23H,1-3,10-11,24-29H2,4-7H3/b20-8-,21-9-. The molecule has 1 aliphatic rings. The van der Waals surface area contributed by atoms with Gasteiger partial charge < -0.3 is 33.2 Å². The Labute approximate surface area is 317 Å². The largest absolute Gasteiger partial charge is 0.431 e. The van der Waals surface area contributed by atoms with Gasteiger partial charge in [-0.1, -0.05) is 75.2 Å². The SMILES string of the molecule is C=C(COC)C(=O)O/C=C\Cc1ccc(-c2cc(OC(=O)C(=C)COC)c(-c3ccc(C/C=C\OC(=O)C(=C)COC)cc3)cc2CC2(C)COC2)cc1. The average Bonchev–Trinajstić information content (AvgIpc) is 3.15. The Morgan fingerprint density at radius 1 is 0.667 bits per heavy atom. The molecule has 0 atom stereocenters. The van der Waals surface area contributed by atoms with Crippen LogP contribution in [0.5, 0.6) is 5.75 Å². The fourth-order valence-corrected chi connectivity index (χ4v) is 5.63. The fourth-order valence-electron chi connectivity index (χ4n) is 5.63. The summed E-state index contributed by atoms with van der Waals surface area (Å²) in [6.45, 7) is 14.9. The highest BCUT2D eigenvalue weighted by Gasteiger charge is 2.34. The van der Waals surface area contributed by atoms with Gasteiger partial charge in [-0.3, -0.25) is 0 Å². The van der Waals surface area contributed by atoms with Crippen LogP contribution in [0.15, 0.2) is 122 Å². The van der Waals surface area contributed by atoms with Crippen molar-refractivity contribution in [1.82, 2.24) is 0 Å². The van der Waals surface area contributed by atoms with Crippen LogP contribution in [-0.2, 0) is 62.1 Å². The van der Waals surface area contributed by atoms with Crippen molar-refractivity contribution in [2.24, 2.45) is 5.41 Å². The van der Waals surface area contributed by atoms with E-state index in [2.05, 4.69) is 32.7 Å². The van der Waals surface area contributed by atoms with E-state index in [1.807, 2.05) is 54.6 Å². The first-order valence-corrected chi connectivity index (χ1v) is 17.3. The van der Waals surface area contributed by atoms with Crippen molar-refractivity contribution < 1.29 is 47.5 Å². The van der Waals surface area contributed by atoms with Crippen LogP contribution in [0, 0.1) is 5.41 Å². The molecule has 4 rings (SSSR count). The molecule has 10 heteroatoms. The molecule has 0 aromatic heterocycles. The Kier molecular flexibility index (Phi) is 15.5. The molecule has 0 N–H and O–H groups in total. The molecule has 1 saturated heterocycles. The maximum absolute atomic E-state index is 13.2. The van der Waals surface area contributed by atoms with Crippen molar-refractivity contribution in [3.63, 3.8) is 0 Å². The van der Waals surface area contributed by atoms with Gasteiger partial charge in [-0.15, -0.1) is 0 Å². The zero-order valence-corrected chi connectivity index (χ0v) is 31.4. The number of hydrogen-bond donors (Lipinski definition) is 0. The van der Waals surface area contributed by atoms with E-state index in [0.717, 1.165) is 45.4 Å². The van der Waals surface area contributed by atoms with Crippen LogP contribution in [-0.4, -0.2) is 72.3 Å². The van der Waals surface area contributed by atoms with E-state index in [1.165, 1.54) is 33.9 Å². The zero-order chi connectivity index (χ0) is 39.1. The van der Waals surface area contributed by atoms with Crippen LogP contribution in [0.3, 0.4) is 0 Å². The monoisotopic (exact) mass is 736 g/mol. The minimum atomic E-state index is -0.589. The molecule has 3 aromatic carbocycles. The maximum atomic E-state index is 13.2. The highest BCUT2D eigenvalue weighted by Crippen LogP contribution is 2.41. The highest BCUT2D eigenvalue weighted by atomic mass is 16.5. The van der Waals surface area contributed by atoms with Crippen molar-refractivity contribution in [2.45, 2.75) is 26.2 Å². The summed E-state index contributed by atoms with van der Waals surface area (Å²) < 4.78 is 36.9. The van der Waals surface area contributed by atoms with E-state index in [4.69, 9.17) is 33.2 Å². The first kappa shape index (κ1) is 41.4. The number of carbonyl (C=O) groups is 3. The van der Waals surface area contributed by atoms with Crippen molar-refractivity contribution in [1.29, 1.82) is 0 Å². The first-order chi connectivity index (χ1) is 26.0. The van der Waals surface area contributed by atoms with Gasteiger partial charge in [0.05, 0.1) is 62.3 Å². The van der Waals surface area contributed by atoms with Gasteiger partial charge in [0.15, 0.2) is 0 Å². The van der Waals surface area contributed by atoms with Gasteiger partial charge in [-0.25, -0.2) is 14.4 Å². The molecule has 54 heavy (non-hydrogen) atoms. The number of hydrogen-bond acceptors (Lipinski definition) is 10. The molecule has 3 aromatic rings. The van der Waals surface area contributed by atoms with Gasteiger partial charge in [0.2, 0.25) is 0 Å². The Balaban J connectivity index is 1.64. The number of ether oxygens (including phenoxy) is 7. The Morgan fingerprint density at radius 3 is 1.54 bits per heavy atom. The molecule has 0 saturated carbocycles. The smallest absolute Gasteiger partial charge is 0.341 e. The topological polar surface area (TPSA) is 116 Å². The molecule has 1 aliphatic heterocycles. The first-order valence-electron chi connectivity index (χ1n) is 17.3. The van der Waals surface area contributed by atoms with E-state index in [1.54, 1.807) is 12.2 Å². The highest BCUT2D eigenvalue weighted by molar-refractivity contribution is 5.92. The lowest BCUT2D eigenvalue weighted by molar-refractivity contribution is -0.135. The van der Waals surface area contributed by atoms with E-state index in [0.29, 0.717) is 31.8 Å². The summed E-state index contributed by atoms with van der Waals surface area (Å²) >= 11 is 0. The van der Waals surface area contributed by atoms with E-state index in [9.17, 15) is 14.4 Å². The van der Waals surface area contributed by atoms with Crippen LogP contribution in [0.2, 0.25) is 0 Å². The molecule has 1 fully saturated rings. The minimum absolute atomic E-state index is 0.0342. The quantitative estimate of drug-likeness (QED) is 0.0506. The summed E-state index contributed by atoms with van der Waals surface area (Å²) in [5, 5.41) is 0. The summed E-state index contributed by atoms with van der Waals surface area (Å²) in [7, 11) is 4.46. The summed E-state index contributed by atoms with van der Waals surface area (Å²) in [5.74, 6) is -1.30. The molecule has 0 radical (unpaired) electrons. The molecule has 0 unspecified atom stereocenters. The zero-order valence-electron chi connectivity index (χ0n) is 31.4. The number of rotatable bonds is 20. The van der Waals surface area contributed by atoms with Gasteiger partial charge in [0.1, 0.15) is 5.75 Å². The summed E-state index contributed by atoms with van der Waals surface area (Å²) in [6, 6.07) is 19.9. The maximum Gasteiger partial charge on any atom is 0.341 e. The average molecular weight is 737 g/mol. The van der Waals surface area contributed by atoms with Gasteiger partial charge in [-0.05, 0) is 76.9 Å². The summed E-state index contributed by atoms with van der Waals surface area (Å²) in [5.41, 5.74) is 7.11. The number of esters is 3. The van der Waals surface area contributed by atoms with Crippen molar-refractivity contribution in [2.75, 3.05) is 54.4 Å². The van der Waals surface area contributed by atoms with Gasteiger partial charge in [0.25, 0.3) is 0 Å². The fraction of sp³-hybridized carbons (Fsp3) is 0.295. The normalized spacial score (nSPS) is 13.3. The third-order valence-corrected chi connectivity index (χ3v) is 8.53. The minimum Gasteiger partial charge on any atom is -0.431 e. The van der Waals surface area contributed by atoms with Crippen LogP contribution >= 0.6 is 0 Å². The van der Waals surface area contributed by atoms with Gasteiger partial charge in [0, 0.05) is 32.3 Å². The van der Waals surface area contributed by atoms with Gasteiger partial charge in [-0.2, -0.15) is 0 Å². The molecule has 10 nitrogen and oxygen atoms in total. The van der Waals surface area contributed by atoms with Crippen LogP contribution in [0.25, 0.3) is 22.3 Å². The number of carbonyl (C=O) groups excluding carboxylic acids is 3. The molecular weight excluding hydrogens is 688 g/mol. The predicted octanol–water partition coefficient (Wildman–Crippen LogP) is 7.31. The molecular formula is C44H48O10. The second-order valence-electron chi connectivity index (χ2n) is 13.3. The third kappa shape index (κ3) is 11.8. The van der Waals surface area contributed by atoms with Crippen molar-refractivity contribution in [3.05, 3.63) is 138 Å². The third-order valence-electron chi connectivity index (χ3n) is 8.53. The molecule has 0 spiro atoms. The number of allylic oxidation sites excluding steroid dienone is 2. The summed E-state index contributed by atoms with van der Waals surface area (Å²) in [6.07, 6.45) is 8.00. The molecule has 0 amide bonds. The van der Waals surface area contributed by atoms with Crippen molar-refractivity contribution >= 4 is 17.9 Å². The molecule has 284 valence electrons.